The first-order valence-corrected chi connectivity index (χ1v) is 4.50. The molecule has 3 N–H and O–H groups in total. The van der Waals surface area contributed by atoms with E-state index in [4.69, 9.17) is 5.84 Å². The van der Waals surface area contributed by atoms with Crippen LogP contribution in [0.3, 0.4) is 0 Å². The maximum absolute atomic E-state index is 5.77. The van der Waals surface area contributed by atoms with Gasteiger partial charge in [0.05, 0.1) is 0 Å². The van der Waals surface area contributed by atoms with Crippen LogP contribution in [0.1, 0.15) is 13.3 Å². The fourth-order valence-electron chi connectivity index (χ4n) is 2.00. The van der Waals surface area contributed by atoms with Crippen LogP contribution in [0, 0.1) is 5.92 Å². The second-order valence-electron chi connectivity index (χ2n) is 3.64. The van der Waals surface area contributed by atoms with E-state index in [1.807, 2.05) is 13.1 Å². The minimum absolute atomic E-state index is 0.337. The van der Waals surface area contributed by atoms with E-state index in [-0.39, 0.29) is 0 Å². The molecule has 1 fully saturated rings. The molecule has 0 aromatic carbocycles. The van der Waals surface area contributed by atoms with Gasteiger partial charge in [0.2, 0.25) is 0 Å². The van der Waals surface area contributed by atoms with Crippen molar-refractivity contribution >= 4 is 0 Å². The Labute approximate surface area is 74.6 Å². The van der Waals surface area contributed by atoms with Crippen LogP contribution in [0.5, 0.6) is 0 Å². The van der Waals surface area contributed by atoms with Crippen molar-refractivity contribution in [2.24, 2.45) is 11.8 Å². The largest absolute Gasteiger partial charge is 0.309 e. The Kier molecular flexibility index (Phi) is 3.26. The van der Waals surface area contributed by atoms with Crippen molar-refractivity contribution in [3.63, 3.8) is 0 Å². The van der Waals surface area contributed by atoms with Crippen molar-refractivity contribution < 1.29 is 0 Å². The van der Waals surface area contributed by atoms with E-state index in [1.54, 1.807) is 5.01 Å². The zero-order valence-corrected chi connectivity index (χ0v) is 7.96. The maximum atomic E-state index is 5.77. The van der Waals surface area contributed by atoms with Crippen molar-refractivity contribution in [2.75, 3.05) is 13.6 Å². The lowest BCUT2D eigenvalue weighted by Crippen LogP contribution is -2.57. The van der Waals surface area contributed by atoms with Crippen molar-refractivity contribution in [2.45, 2.75) is 25.4 Å². The second-order valence-corrected chi connectivity index (χ2v) is 3.64. The van der Waals surface area contributed by atoms with Gasteiger partial charge in [-0.25, -0.2) is 5.01 Å². The number of hydrogen-bond donors (Lipinski definition) is 2. The molecule has 0 aromatic rings. The van der Waals surface area contributed by atoms with Gasteiger partial charge in [-0.15, -0.1) is 6.58 Å². The van der Waals surface area contributed by atoms with Gasteiger partial charge in [0, 0.05) is 19.1 Å². The summed E-state index contributed by atoms with van der Waals surface area (Å²) in [6.07, 6.45) is 3.14. The summed E-state index contributed by atoms with van der Waals surface area (Å²) in [6.45, 7) is 7.12. The molecule has 0 radical (unpaired) electrons. The van der Waals surface area contributed by atoms with E-state index in [0.29, 0.717) is 18.0 Å². The second kappa shape index (κ2) is 4.03. The third kappa shape index (κ3) is 1.86. The highest BCUT2D eigenvalue weighted by atomic mass is 15.4. The molecule has 3 nitrogen and oxygen atoms in total. The normalized spacial score (nSPS) is 36.8. The first-order valence-electron chi connectivity index (χ1n) is 4.50. The highest BCUT2D eigenvalue weighted by molar-refractivity contribution is 4.99. The molecule has 0 aliphatic carbocycles. The Hall–Kier alpha value is -0.380. The standard InChI is InChI=1S/C9H19N3/c1-4-8-9(12(3)10)7(2)5-6-11-8/h4,7-9,11H,1,5-6,10H2,2-3H3/t7?,8-,9?/m0/s1. The number of nitrogens with zero attached hydrogens (tertiary/aromatic N) is 1. The van der Waals surface area contributed by atoms with Gasteiger partial charge in [-0.3, -0.25) is 5.84 Å². The third-order valence-corrected chi connectivity index (χ3v) is 2.65. The molecule has 0 bridgehead atoms. The Balaban J connectivity index is 2.65. The van der Waals surface area contributed by atoms with Crippen molar-refractivity contribution in [1.82, 2.24) is 10.3 Å². The lowest BCUT2D eigenvalue weighted by Gasteiger charge is -2.39. The van der Waals surface area contributed by atoms with E-state index < -0.39 is 0 Å². The summed E-state index contributed by atoms with van der Waals surface area (Å²) >= 11 is 0. The number of hydrogen-bond acceptors (Lipinski definition) is 3. The molecular formula is C9H19N3. The molecule has 1 aliphatic heterocycles. The van der Waals surface area contributed by atoms with E-state index in [2.05, 4.69) is 18.8 Å². The van der Waals surface area contributed by atoms with Gasteiger partial charge in [-0.05, 0) is 18.9 Å². The summed E-state index contributed by atoms with van der Waals surface area (Å²) in [6, 6.07) is 0.722. The van der Waals surface area contributed by atoms with Gasteiger partial charge < -0.3 is 5.32 Å². The number of rotatable bonds is 2. The topological polar surface area (TPSA) is 41.3 Å². The maximum Gasteiger partial charge on any atom is 0.0453 e. The summed E-state index contributed by atoms with van der Waals surface area (Å²) in [4.78, 5) is 0. The minimum atomic E-state index is 0.337. The molecule has 1 rings (SSSR count). The molecule has 1 saturated heterocycles. The van der Waals surface area contributed by atoms with Gasteiger partial charge in [0.15, 0.2) is 0 Å². The van der Waals surface area contributed by atoms with E-state index in [1.165, 1.54) is 6.42 Å². The van der Waals surface area contributed by atoms with Crippen LogP contribution >= 0.6 is 0 Å². The average molecular weight is 169 g/mol. The van der Waals surface area contributed by atoms with Gasteiger partial charge in [0.1, 0.15) is 0 Å². The number of likely N-dealkylation sites (N-methyl/N-ethyl adjacent to an activating group) is 1. The van der Waals surface area contributed by atoms with Gasteiger partial charge >= 0.3 is 0 Å². The fourth-order valence-corrected chi connectivity index (χ4v) is 2.00. The van der Waals surface area contributed by atoms with Crippen molar-refractivity contribution in [3.8, 4) is 0 Å². The Morgan fingerprint density at radius 1 is 1.67 bits per heavy atom. The summed E-state index contributed by atoms with van der Waals surface area (Å²) in [5.74, 6) is 6.41. The van der Waals surface area contributed by atoms with Crippen LogP contribution in [0.2, 0.25) is 0 Å². The van der Waals surface area contributed by atoms with Gasteiger partial charge in [0.25, 0.3) is 0 Å². The van der Waals surface area contributed by atoms with Crippen LogP contribution in [-0.2, 0) is 0 Å². The quantitative estimate of drug-likeness (QED) is 0.356. The predicted molar refractivity (Wildman–Crippen MR) is 51.5 cm³/mol. The molecule has 0 spiro atoms. The molecule has 0 saturated carbocycles. The highest BCUT2D eigenvalue weighted by Gasteiger charge is 2.30. The first-order chi connectivity index (χ1) is 5.66. The van der Waals surface area contributed by atoms with Gasteiger partial charge in [-0.2, -0.15) is 0 Å². The monoisotopic (exact) mass is 169 g/mol. The van der Waals surface area contributed by atoms with E-state index >= 15 is 0 Å². The lowest BCUT2D eigenvalue weighted by atomic mass is 9.88. The van der Waals surface area contributed by atoms with Crippen molar-refractivity contribution in [3.05, 3.63) is 12.7 Å². The summed E-state index contributed by atoms with van der Waals surface area (Å²) in [7, 11) is 1.92. The smallest absolute Gasteiger partial charge is 0.0453 e. The molecule has 2 unspecified atom stereocenters. The number of nitrogens with two attached hydrogens (primary N) is 1. The fraction of sp³-hybridized carbons (Fsp3) is 0.778. The number of hydrazine groups is 1. The van der Waals surface area contributed by atoms with Crippen LogP contribution in [0.25, 0.3) is 0 Å². The van der Waals surface area contributed by atoms with E-state index in [0.717, 1.165) is 6.54 Å². The highest BCUT2D eigenvalue weighted by Crippen LogP contribution is 2.19. The zero-order chi connectivity index (χ0) is 9.14. The zero-order valence-electron chi connectivity index (χ0n) is 7.96. The Morgan fingerprint density at radius 2 is 2.33 bits per heavy atom. The lowest BCUT2D eigenvalue weighted by molar-refractivity contribution is 0.127. The molecule has 12 heavy (non-hydrogen) atoms. The first kappa shape index (κ1) is 9.71. The summed E-state index contributed by atoms with van der Waals surface area (Å²) < 4.78 is 0. The van der Waals surface area contributed by atoms with Crippen LogP contribution < -0.4 is 11.2 Å². The SMILES string of the molecule is C=C[C@@H]1NCCC(C)C1N(C)N. The van der Waals surface area contributed by atoms with Crippen LogP contribution in [0.15, 0.2) is 12.7 Å². The molecule has 1 heterocycles. The molecular weight excluding hydrogens is 150 g/mol. The van der Waals surface area contributed by atoms with E-state index in [9.17, 15) is 0 Å². The molecule has 70 valence electrons. The Morgan fingerprint density at radius 3 is 2.75 bits per heavy atom. The number of nitrogens with one attached hydrogen (secondary N) is 1. The predicted octanol–water partition coefficient (Wildman–Crippen LogP) is 0.345. The summed E-state index contributed by atoms with van der Waals surface area (Å²) in [5, 5.41) is 5.19. The molecule has 3 atom stereocenters. The summed E-state index contributed by atoms with van der Waals surface area (Å²) in [5.41, 5.74) is 0. The van der Waals surface area contributed by atoms with Gasteiger partial charge in [-0.1, -0.05) is 13.0 Å². The minimum Gasteiger partial charge on any atom is -0.309 e. The number of piperidine rings is 1. The molecule has 0 amide bonds. The molecule has 3 heteroatoms. The van der Waals surface area contributed by atoms with Crippen LogP contribution in [0.4, 0.5) is 0 Å². The van der Waals surface area contributed by atoms with Crippen LogP contribution in [-0.4, -0.2) is 30.7 Å². The Bertz CT molecular complexity index is 156. The molecule has 1 aliphatic rings. The average Bonchev–Trinajstić information content (AvgIpc) is 2.03. The molecule has 0 aromatic heterocycles. The third-order valence-electron chi connectivity index (χ3n) is 2.65. The van der Waals surface area contributed by atoms with Crippen molar-refractivity contribution in [1.29, 1.82) is 0 Å².